The van der Waals surface area contributed by atoms with Gasteiger partial charge in [0.2, 0.25) is 5.91 Å². The van der Waals surface area contributed by atoms with Crippen LogP contribution in [0.3, 0.4) is 0 Å². The van der Waals surface area contributed by atoms with Gasteiger partial charge in [0, 0.05) is 17.0 Å². The van der Waals surface area contributed by atoms with Crippen molar-refractivity contribution in [1.82, 2.24) is 5.32 Å². The minimum atomic E-state index is -4.04. The van der Waals surface area contributed by atoms with Gasteiger partial charge in [-0.1, -0.05) is 53.1 Å². The highest BCUT2D eigenvalue weighted by Crippen LogP contribution is 2.40. The smallest absolute Gasteiger partial charge is 0.264 e. The molecule has 0 aromatic heterocycles. The van der Waals surface area contributed by atoms with Gasteiger partial charge in [-0.05, 0) is 70.5 Å². The topological polar surface area (TPSA) is 75.7 Å². The molecule has 0 radical (unpaired) electrons. The fourth-order valence-corrected chi connectivity index (χ4v) is 5.95. The summed E-state index contributed by atoms with van der Waals surface area (Å²) in [7, 11) is -4.04. The highest BCUT2D eigenvalue weighted by atomic mass is 35.5. The third-order valence-electron chi connectivity index (χ3n) is 6.30. The molecule has 8 heteroatoms. The fraction of sp³-hybridized carbons (Fsp3) is 0.321. The van der Waals surface area contributed by atoms with Gasteiger partial charge < -0.3 is 10.1 Å². The molecule has 3 aromatic rings. The maximum absolute atomic E-state index is 13.7. The molecule has 1 amide bonds. The molecule has 0 aliphatic carbocycles. The average Bonchev–Trinajstić information content (AvgIpc) is 2.79. The average molecular weight is 527 g/mol. The first-order valence-corrected chi connectivity index (χ1v) is 13.6. The van der Waals surface area contributed by atoms with Crippen molar-refractivity contribution in [1.29, 1.82) is 0 Å². The van der Waals surface area contributed by atoms with Gasteiger partial charge in [0.25, 0.3) is 10.0 Å². The molecule has 0 saturated carbocycles. The Morgan fingerprint density at radius 2 is 1.69 bits per heavy atom. The van der Waals surface area contributed by atoms with Gasteiger partial charge in [-0.2, -0.15) is 0 Å². The van der Waals surface area contributed by atoms with E-state index in [2.05, 4.69) is 5.32 Å². The van der Waals surface area contributed by atoms with E-state index in [1.54, 1.807) is 42.5 Å². The first-order valence-electron chi connectivity index (χ1n) is 11.8. The molecule has 1 N–H and O–H groups in total. The maximum Gasteiger partial charge on any atom is 0.264 e. The first-order chi connectivity index (χ1) is 16.9. The molecule has 1 aliphatic rings. The van der Waals surface area contributed by atoms with Crippen molar-refractivity contribution in [3.05, 3.63) is 87.9 Å². The fourth-order valence-electron chi connectivity index (χ4n) is 4.36. The van der Waals surface area contributed by atoms with Crippen molar-refractivity contribution in [3.63, 3.8) is 0 Å². The number of carbonyl (C=O) groups excluding carboxylic acids is 1. The lowest BCUT2D eigenvalue weighted by Crippen LogP contribution is -2.45. The normalized spacial score (nSPS) is 16.6. The second-order valence-electron chi connectivity index (χ2n) is 9.99. The number of amides is 1. The van der Waals surface area contributed by atoms with Crippen LogP contribution in [0.2, 0.25) is 5.02 Å². The van der Waals surface area contributed by atoms with Gasteiger partial charge in [-0.3, -0.25) is 9.10 Å². The number of nitrogens with one attached hydrogen (secondary N) is 1. The van der Waals surface area contributed by atoms with Crippen LogP contribution in [0.15, 0.2) is 65.6 Å². The minimum Gasteiger partial charge on any atom is -0.487 e. The zero-order chi connectivity index (χ0) is 26.3. The predicted molar refractivity (Wildman–Crippen MR) is 143 cm³/mol. The lowest BCUT2D eigenvalue weighted by Gasteiger charge is -2.38. The molecular weight excluding hydrogens is 496 g/mol. The number of carbonyl (C=O) groups is 1. The summed E-state index contributed by atoms with van der Waals surface area (Å²) in [6.45, 7) is 9.25. The SMILES string of the molecule is Cc1ccc(S(=O)(=O)N(CC(=O)NC2CC(C)(C)Oc3ccc(C)cc32)c2ccc(C)c(Cl)c2)cc1. The molecule has 0 spiro atoms. The third kappa shape index (κ3) is 5.52. The van der Waals surface area contributed by atoms with E-state index in [1.165, 1.54) is 0 Å². The van der Waals surface area contributed by atoms with Gasteiger partial charge in [-0.25, -0.2) is 8.42 Å². The van der Waals surface area contributed by atoms with Crippen LogP contribution < -0.4 is 14.4 Å². The van der Waals surface area contributed by atoms with Crippen molar-refractivity contribution in [3.8, 4) is 5.75 Å². The molecule has 4 rings (SSSR count). The van der Waals surface area contributed by atoms with E-state index < -0.39 is 28.1 Å². The number of aryl methyl sites for hydroxylation is 3. The molecule has 6 nitrogen and oxygen atoms in total. The second-order valence-corrected chi connectivity index (χ2v) is 12.3. The molecule has 3 aromatic carbocycles. The first kappa shape index (κ1) is 26.0. The van der Waals surface area contributed by atoms with Crippen molar-refractivity contribution in [2.24, 2.45) is 0 Å². The minimum absolute atomic E-state index is 0.103. The monoisotopic (exact) mass is 526 g/mol. The van der Waals surface area contributed by atoms with Crippen molar-refractivity contribution < 1.29 is 17.9 Å². The Morgan fingerprint density at radius 3 is 2.36 bits per heavy atom. The Bertz CT molecular complexity index is 1400. The number of hydrogen-bond acceptors (Lipinski definition) is 4. The Hall–Kier alpha value is -3.03. The number of sulfonamides is 1. The molecular formula is C28H31ClN2O4S. The maximum atomic E-state index is 13.7. The lowest BCUT2D eigenvalue weighted by molar-refractivity contribution is -0.120. The zero-order valence-electron chi connectivity index (χ0n) is 21.1. The Morgan fingerprint density at radius 1 is 1.03 bits per heavy atom. The molecule has 1 atom stereocenters. The zero-order valence-corrected chi connectivity index (χ0v) is 22.7. The second kappa shape index (κ2) is 9.79. The van der Waals surface area contributed by atoms with Crippen LogP contribution in [0.4, 0.5) is 5.69 Å². The Labute approximate surface area is 218 Å². The van der Waals surface area contributed by atoms with Crippen LogP contribution in [0.5, 0.6) is 5.75 Å². The summed E-state index contributed by atoms with van der Waals surface area (Å²) in [5, 5.41) is 3.48. The number of ether oxygens (including phenoxy) is 1. The predicted octanol–water partition coefficient (Wildman–Crippen LogP) is 5.88. The summed E-state index contributed by atoms with van der Waals surface area (Å²) < 4.78 is 34.6. The number of fused-ring (bicyclic) bond motifs is 1. The van der Waals surface area contributed by atoms with Gasteiger partial charge in [0.1, 0.15) is 17.9 Å². The van der Waals surface area contributed by atoms with Gasteiger partial charge in [0.15, 0.2) is 0 Å². The molecule has 0 saturated heterocycles. The summed E-state index contributed by atoms with van der Waals surface area (Å²) in [6, 6.07) is 17.1. The number of rotatable bonds is 6. The standard InChI is InChI=1S/C28H31ClN2O4S/c1-18-6-11-22(12-7-18)36(33,34)31(21-10-9-20(3)24(29)15-21)17-27(32)30-25-16-28(4,5)35-26-13-8-19(2)14-23(25)26/h6-15,25H,16-17H2,1-5H3,(H,30,32). The number of benzene rings is 3. The Kier molecular flexibility index (Phi) is 7.08. The lowest BCUT2D eigenvalue weighted by atomic mass is 9.89. The van der Waals surface area contributed by atoms with Gasteiger partial charge in [-0.15, -0.1) is 0 Å². The molecule has 1 unspecified atom stereocenters. The summed E-state index contributed by atoms with van der Waals surface area (Å²) in [6.07, 6.45) is 0.552. The van der Waals surface area contributed by atoms with Crippen LogP contribution in [0, 0.1) is 20.8 Å². The van der Waals surface area contributed by atoms with Crippen molar-refractivity contribution >= 4 is 33.2 Å². The number of halogens is 1. The third-order valence-corrected chi connectivity index (χ3v) is 8.49. The van der Waals surface area contributed by atoms with E-state index in [0.29, 0.717) is 17.1 Å². The van der Waals surface area contributed by atoms with Gasteiger partial charge in [0.05, 0.1) is 16.6 Å². The van der Waals surface area contributed by atoms with E-state index in [1.807, 2.05) is 52.8 Å². The van der Waals surface area contributed by atoms with Crippen molar-refractivity contribution in [2.75, 3.05) is 10.8 Å². The van der Waals surface area contributed by atoms with Crippen LogP contribution in [-0.2, 0) is 14.8 Å². The summed E-state index contributed by atoms with van der Waals surface area (Å²) in [5.41, 5.74) is 3.52. The van der Waals surface area contributed by atoms with E-state index in [4.69, 9.17) is 16.3 Å². The largest absolute Gasteiger partial charge is 0.487 e. The molecule has 1 aliphatic heterocycles. The molecule has 36 heavy (non-hydrogen) atoms. The van der Waals surface area contributed by atoms with Crippen LogP contribution in [0.25, 0.3) is 0 Å². The summed E-state index contributed by atoms with van der Waals surface area (Å²) in [5.74, 6) is 0.300. The molecule has 190 valence electrons. The number of hydrogen-bond donors (Lipinski definition) is 1. The van der Waals surface area contributed by atoms with Gasteiger partial charge >= 0.3 is 0 Å². The highest BCUT2D eigenvalue weighted by molar-refractivity contribution is 7.92. The Balaban J connectivity index is 1.67. The van der Waals surface area contributed by atoms with Crippen molar-refractivity contribution in [2.45, 2.75) is 57.6 Å². The molecule has 0 fully saturated rings. The highest BCUT2D eigenvalue weighted by Gasteiger charge is 2.35. The van der Waals surface area contributed by atoms with E-state index in [-0.39, 0.29) is 10.9 Å². The molecule has 1 heterocycles. The summed E-state index contributed by atoms with van der Waals surface area (Å²) >= 11 is 6.33. The van der Waals surface area contributed by atoms with Crippen LogP contribution >= 0.6 is 11.6 Å². The van der Waals surface area contributed by atoms with E-state index >= 15 is 0 Å². The summed E-state index contributed by atoms with van der Waals surface area (Å²) in [4.78, 5) is 13.5. The number of anilines is 1. The molecule has 0 bridgehead atoms. The van der Waals surface area contributed by atoms with E-state index in [9.17, 15) is 13.2 Å². The van der Waals surface area contributed by atoms with Crippen LogP contribution in [-0.4, -0.2) is 26.5 Å². The van der Waals surface area contributed by atoms with E-state index in [0.717, 1.165) is 32.3 Å². The number of nitrogens with zero attached hydrogens (tertiary/aromatic N) is 1. The van der Waals surface area contributed by atoms with Crippen LogP contribution in [0.1, 0.15) is 48.6 Å². The quantitative estimate of drug-likeness (QED) is 0.435.